The first-order chi connectivity index (χ1) is 15.8. The maximum Gasteiger partial charge on any atom is 0.333 e. The first-order valence-electron chi connectivity index (χ1n) is 10.5. The number of imidazole rings is 1. The SMILES string of the molecule is Cc1nn(C)cc1-n1c(=O)n(C)c2cnc3ccc(-c4cncc(C(C)C(N)=O)c4)cc3c21. The van der Waals surface area contributed by atoms with Gasteiger partial charge in [0, 0.05) is 43.6 Å². The van der Waals surface area contributed by atoms with Gasteiger partial charge in [-0.3, -0.25) is 28.6 Å². The first kappa shape index (κ1) is 20.6. The number of carbonyl (C=O) groups excluding carboxylic acids is 1. The fraction of sp³-hybridized carbons (Fsp3) is 0.208. The molecule has 1 unspecified atom stereocenters. The zero-order chi connectivity index (χ0) is 23.4. The molecule has 0 spiro atoms. The van der Waals surface area contributed by atoms with Gasteiger partial charge < -0.3 is 5.73 Å². The summed E-state index contributed by atoms with van der Waals surface area (Å²) in [7, 11) is 3.57. The van der Waals surface area contributed by atoms with Crippen molar-refractivity contribution >= 4 is 27.8 Å². The molecular formula is C24H23N7O2. The minimum atomic E-state index is -0.445. The Balaban J connectivity index is 1.80. The molecule has 4 heterocycles. The van der Waals surface area contributed by atoms with Gasteiger partial charge in [0.1, 0.15) is 0 Å². The average molecular weight is 441 g/mol. The van der Waals surface area contributed by atoms with Gasteiger partial charge in [0.25, 0.3) is 0 Å². The summed E-state index contributed by atoms with van der Waals surface area (Å²) in [6.07, 6.45) is 6.96. The summed E-state index contributed by atoms with van der Waals surface area (Å²) in [4.78, 5) is 33.8. The second-order valence-electron chi connectivity index (χ2n) is 8.31. The molecule has 0 saturated carbocycles. The van der Waals surface area contributed by atoms with E-state index < -0.39 is 11.8 Å². The molecule has 4 aromatic heterocycles. The van der Waals surface area contributed by atoms with E-state index in [2.05, 4.69) is 15.1 Å². The summed E-state index contributed by atoms with van der Waals surface area (Å²) >= 11 is 0. The van der Waals surface area contributed by atoms with E-state index in [4.69, 9.17) is 5.73 Å². The lowest BCUT2D eigenvalue weighted by Crippen LogP contribution is -2.21. The number of amides is 1. The van der Waals surface area contributed by atoms with E-state index in [1.54, 1.807) is 46.4 Å². The summed E-state index contributed by atoms with van der Waals surface area (Å²) < 4.78 is 4.98. The van der Waals surface area contributed by atoms with Crippen molar-refractivity contribution in [2.45, 2.75) is 19.8 Å². The van der Waals surface area contributed by atoms with Gasteiger partial charge in [0.15, 0.2) is 0 Å². The summed E-state index contributed by atoms with van der Waals surface area (Å²) in [5.74, 6) is -0.849. The summed E-state index contributed by atoms with van der Waals surface area (Å²) in [6.45, 7) is 3.64. The van der Waals surface area contributed by atoms with Crippen LogP contribution >= 0.6 is 0 Å². The zero-order valence-corrected chi connectivity index (χ0v) is 18.8. The molecule has 1 aromatic carbocycles. The fourth-order valence-electron chi connectivity index (χ4n) is 4.22. The number of nitrogens with zero attached hydrogens (tertiary/aromatic N) is 6. The summed E-state index contributed by atoms with van der Waals surface area (Å²) in [6, 6.07) is 7.80. The molecule has 0 radical (unpaired) electrons. The van der Waals surface area contributed by atoms with Crippen LogP contribution < -0.4 is 11.4 Å². The molecule has 33 heavy (non-hydrogen) atoms. The van der Waals surface area contributed by atoms with Crippen LogP contribution in [-0.2, 0) is 18.9 Å². The molecule has 1 atom stereocenters. The van der Waals surface area contributed by atoms with Gasteiger partial charge in [-0.25, -0.2) is 4.79 Å². The molecule has 0 aliphatic carbocycles. The molecule has 1 amide bonds. The third-order valence-corrected chi connectivity index (χ3v) is 6.13. The van der Waals surface area contributed by atoms with Crippen LogP contribution in [0.15, 0.2) is 53.8 Å². The van der Waals surface area contributed by atoms with Crippen LogP contribution in [0.25, 0.3) is 38.8 Å². The molecule has 0 aliphatic heterocycles. The lowest BCUT2D eigenvalue weighted by atomic mass is 9.98. The predicted octanol–water partition coefficient (Wildman–Crippen LogP) is 2.57. The molecule has 0 fully saturated rings. The van der Waals surface area contributed by atoms with Gasteiger partial charge >= 0.3 is 5.69 Å². The predicted molar refractivity (Wildman–Crippen MR) is 126 cm³/mol. The van der Waals surface area contributed by atoms with Crippen LogP contribution in [-0.4, -0.2) is 34.8 Å². The average Bonchev–Trinajstić information content (AvgIpc) is 3.27. The normalized spacial score (nSPS) is 12.5. The number of pyridine rings is 2. The quantitative estimate of drug-likeness (QED) is 0.460. The summed E-state index contributed by atoms with van der Waals surface area (Å²) in [5, 5.41) is 5.25. The van der Waals surface area contributed by atoms with Crippen molar-refractivity contribution in [3.8, 4) is 16.8 Å². The van der Waals surface area contributed by atoms with Crippen molar-refractivity contribution < 1.29 is 4.79 Å². The Hall–Kier alpha value is -4.27. The van der Waals surface area contributed by atoms with E-state index in [9.17, 15) is 9.59 Å². The van der Waals surface area contributed by atoms with Gasteiger partial charge in [-0.05, 0) is 43.2 Å². The Morgan fingerprint density at radius 1 is 1.09 bits per heavy atom. The highest BCUT2D eigenvalue weighted by Crippen LogP contribution is 2.31. The number of hydrogen-bond acceptors (Lipinski definition) is 5. The maximum atomic E-state index is 13.2. The number of benzene rings is 1. The lowest BCUT2D eigenvalue weighted by molar-refractivity contribution is -0.119. The Morgan fingerprint density at radius 2 is 1.88 bits per heavy atom. The van der Waals surface area contributed by atoms with Crippen molar-refractivity contribution in [3.05, 3.63) is 70.8 Å². The largest absolute Gasteiger partial charge is 0.369 e. The molecular weight excluding hydrogens is 418 g/mol. The van der Waals surface area contributed by atoms with Crippen molar-refractivity contribution in [2.24, 2.45) is 19.8 Å². The highest BCUT2D eigenvalue weighted by atomic mass is 16.2. The smallest absolute Gasteiger partial charge is 0.333 e. The van der Waals surface area contributed by atoms with Gasteiger partial charge in [0.05, 0.1) is 40.0 Å². The topological polar surface area (TPSA) is 114 Å². The van der Waals surface area contributed by atoms with E-state index >= 15 is 0 Å². The lowest BCUT2D eigenvalue weighted by Gasteiger charge is -2.10. The molecule has 9 nitrogen and oxygen atoms in total. The second-order valence-corrected chi connectivity index (χ2v) is 8.31. The maximum absolute atomic E-state index is 13.2. The van der Waals surface area contributed by atoms with Gasteiger partial charge in [0.2, 0.25) is 5.91 Å². The van der Waals surface area contributed by atoms with E-state index in [0.29, 0.717) is 0 Å². The van der Waals surface area contributed by atoms with Crippen LogP contribution in [0.1, 0.15) is 24.1 Å². The molecule has 5 rings (SSSR count). The third-order valence-electron chi connectivity index (χ3n) is 6.13. The van der Waals surface area contributed by atoms with Gasteiger partial charge in [-0.15, -0.1) is 0 Å². The number of aromatic nitrogens is 6. The van der Waals surface area contributed by atoms with Crippen molar-refractivity contribution in [1.29, 1.82) is 0 Å². The van der Waals surface area contributed by atoms with Crippen LogP contribution in [0, 0.1) is 6.92 Å². The third kappa shape index (κ3) is 3.20. The summed E-state index contributed by atoms with van der Waals surface area (Å²) in [5.41, 5.74) is 11.5. The van der Waals surface area contributed by atoms with E-state index in [1.807, 2.05) is 44.4 Å². The Bertz CT molecular complexity index is 1620. The first-order valence-corrected chi connectivity index (χ1v) is 10.5. The Kier molecular flexibility index (Phi) is 4.63. The number of rotatable bonds is 4. The molecule has 0 saturated heterocycles. The highest BCUT2D eigenvalue weighted by Gasteiger charge is 2.19. The number of hydrogen-bond donors (Lipinski definition) is 1. The minimum absolute atomic E-state index is 0.167. The van der Waals surface area contributed by atoms with Crippen LogP contribution in [0.4, 0.5) is 0 Å². The minimum Gasteiger partial charge on any atom is -0.369 e. The number of carbonyl (C=O) groups is 1. The number of nitrogens with two attached hydrogens (primary N) is 1. The molecule has 0 bridgehead atoms. The van der Waals surface area contributed by atoms with E-state index in [1.165, 1.54) is 0 Å². The van der Waals surface area contributed by atoms with Crippen LogP contribution in [0.5, 0.6) is 0 Å². The van der Waals surface area contributed by atoms with Gasteiger partial charge in [-0.2, -0.15) is 5.10 Å². The van der Waals surface area contributed by atoms with Crippen molar-refractivity contribution in [2.75, 3.05) is 0 Å². The van der Waals surface area contributed by atoms with Crippen molar-refractivity contribution in [3.63, 3.8) is 0 Å². The Labute approximate surface area is 189 Å². The van der Waals surface area contributed by atoms with E-state index in [-0.39, 0.29) is 5.69 Å². The second kappa shape index (κ2) is 7.40. The van der Waals surface area contributed by atoms with Crippen LogP contribution in [0.3, 0.4) is 0 Å². The number of aryl methyl sites for hydroxylation is 3. The molecule has 0 aliphatic rings. The van der Waals surface area contributed by atoms with Crippen molar-refractivity contribution in [1.82, 2.24) is 28.9 Å². The number of primary amides is 1. The number of fused-ring (bicyclic) bond motifs is 3. The van der Waals surface area contributed by atoms with Crippen LogP contribution in [0.2, 0.25) is 0 Å². The highest BCUT2D eigenvalue weighted by molar-refractivity contribution is 6.04. The van der Waals surface area contributed by atoms with E-state index in [0.717, 1.165) is 50.0 Å². The zero-order valence-electron chi connectivity index (χ0n) is 18.8. The fourth-order valence-corrected chi connectivity index (χ4v) is 4.22. The molecule has 9 heteroatoms. The molecule has 166 valence electrons. The standard InChI is InChI=1S/C24H23N7O2/c1-13(23(25)32)16-7-17(10-26-9-16)15-5-6-19-18(8-15)22-20(11-27-19)30(4)24(33)31(22)21-12-29(3)28-14(21)2/h5-13H,1-4H3,(H2,25,32). The Morgan fingerprint density at radius 3 is 2.58 bits per heavy atom. The monoisotopic (exact) mass is 441 g/mol. The molecule has 2 N–H and O–H groups in total. The molecule has 5 aromatic rings. The van der Waals surface area contributed by atoms with Gasteiger partial charge in [-0.1, -0.05) is 6.07 Å².